The van der Waals surface area contributed by atoms with Crippen molar-refractivity contribution in [3.05, 3.63) is 20.2 Å². The van der Waals surface area contributed by atoms with Crippen molar-refractivity contribution >= 4 is 11.9 Å². The molecule has 0 radical (unpaired) electrons. The number of nitrogens with zero attached hydrogens (tertiary/aromatic N) is 2. The third kappa shape index (κ3) is 551. The van der Waals surface area contributed by atoms with Crippen molar-refractivity contribution < 1.29 is 40.4 Å². The number of rotatable bonds is 2. The fraction of sp³-hybridized carbons (Fsp3) is 0.333. The maximum Gasteiger partial charge on any atom is 0.314 e. The third-order valence-corrected chi connectivity index (χ3v) is 0.302. The fourth-order valence-electron chi connectivity index (χ4n) is 0.129. The van der Waals surface area contributed by atoms with Crippen LogP contribution in [0.1, 0.15) is 6.42 Å². The van der Waals surface area contributed by atoms with E-state index in [1.807, 2.05) is 0 Å². The first-order valence-electron chi connectivity index (χ1n) is 2.69. The first-order valence-corrected chi connectivity index (χ1v) is 2.69. The van der Waals surface area contributed by atoms with Gasteiger partial charge in [-0.1, -0.05) is 0 Å². The van der Waals surface area contributed by atoms with Crippen molar-refractivity contribution in [1.82, 2.24) is 0 Å². The van der Waals surface area contributed by atoms with E-state index in [9.17, 15) is 9.59 Å². The quantitative estimate of drug-likeness (QED) is 0.254. The Hall–Kier alpha value is -2.66. The predicted molar refractivity (Wildman–Crippen MR) is 37.5 cm³/mol. The summed E-state index contributed by atoms with van der Waals surface area (Å²) in [5.74, 6) is -2.62. The zero-order chi connectivity index (χ0) is 13.0. The molecule has 0 bridgehead atoms. The van der Waals surface area contributed by atoms with E-state index in [4.69, 9.17) is 40.9 Å². The summed E-state index contributed by atoms with van der Waals surface area (Å²) in [7, 11) is 0. The molecule has 0 heterocycles. The summed E-state index contributed by atoms with van der Waals surface area (Å²) < 4.78 is 0. The van der Waals surface area contributed by atoms with Gasteiger partial charge in [0.1, 0.15) is 6.42 Å². The van der Waals surface area contributed by atoms with Crippen LogP contribution in [0.2, 0.25) is 0 Å². The lowest BCUT2D eigenvalue weighted by Crippen LogP contribution is -2.03. The molecule has 12 nitrogen and oxygen atoms in total. The average molecular weight is 230 g/mol. The SMILES string of the molecule is O=C(O)CC(=O)O.O=[N+]([O-])O.O=[N+]([O-])O. The van der Waals surface area contributed by atoms with Gasteiger partial charge in [-0.25, -0.2) is 0 Å². The highest BCUT2D eigenvalue weighted by Crippen LogP contribution is 1.74. The Labute approximate surface area is 80.2 Å². The highest BCUT2D eigenvalue weighted by molar-refractivity contribution is 5.88. The Bertz CT molecular complexity index is 203. The van der Waals surface area contributed by atoms with Crippen LogP contribution in [0.25, 0.3) is 0 Å². The molecule has 0 aliphatic heterocycles. The van der Waals surface area contributed by atoms with Crippen LogP contribution >= 0.6 is 0 Å². The molecule has 0 spiro atoms. The van der Waals surface area contributed by atoms with Crippen LogP contribution in [0.5, 0.6) is 0 Å². The summed E-state index contributed by atoms with van der Waals surface area (Å²) in [5, 5.41) is 42.7. The van der Waals surface area contributed by atoms with Gasteiger partial charge < -0.3 is 20.6 Å². The third-order valence-electron chi connectivity index (χ3n) is 0.302. The molecule has 0 aliphatic carbocycles. The number of aliphatic carboxylic acids is 2. The zero-order valence-corrected chi connectivity index (χ0v) is 6.84. The number of carboxylic acid groups (broad SMARTS) is 2. The van der Waals surface area contributed by atoms with E-state index in [0.29, 0.717) is 0 Å². The topological polar surface area (TPSA) is 201 Å². The van der Waals surface area contributed by atoms with Gasteiger partial charge in [0, 0.05) is 0 Å². The van der Waals surface area contributed by atoms with Gasteiger partial charge in [0.15, 0.2) is 0 Å². The molecule has 0 unspecified atom stereocenters. The van der Waals surface area contributed by atoms with Crippen molar-refractivity contribution in [1.29, 1.82) is 0 Å². The highest BCUT2D eigenvalue weighted by atomic mass is 16.9. The van der Waals surface area contributed by atoms with Crippen molar-refractivity contribution in [2.45, 2.75) is 6.42 Å². The van der Waals surface area contributed by atoms with E-state index < -0.39 is 28.5 Å². The van der Waals surface area contributed by atoms with Crippen LogP contribution in [0.4, 0.5) is 0 Å². The molecule has 0 saturated heterocycles. The normalized spacial score (nSPS) is 6.93. The number of carbonyl (C=O) groups is 2. The van der Waals surface area contributed by atoms with Crippen LogP contribution in [-0.2, 0) is 9.59 Å². The molecule has 15 heavy (non-hydrogen) atoms. The Morgan fingerprint density at radius 1 is 0.933 bits per heavy atom. The zero-order valence-electron chi connectivity index (χ0n) is 6.84. The van der Waals surface area contributed by atoms with E-state index in [2.05, 4.69) is 0 Å². The molecule has 0 saturated carbocycles. The van der Waals surface area contributed by atoms with Crippen molar-refractivity contribution in [3.63, 3.8) is 0 Å². The Balaban J connectivity index is -0.000000155. The van der Waals surface area contributed by atoms with Gasteiger partial charge in [-0.15, -0.1) is 20.2 Å². The van der Waals surface area contributed by atoms with Crippen LogP contribution in [0.3, 0.4) is 0 Å². The maximum atomic E-state index is 9.43. The fourth-order valence-corrected chi connectivity index (χ4v) is 0.129. The molecule has 0 fully saturated rings. The van der Waals surface area contributed by atoms with Gasteiger partial charge in [-0.3, -0.25) is 9.59 Å². The van der Waals surface area contributed by atoms with Gasteiger partial charge >= 0.3 is 11.9 Å². The van der Waals surface area contributed by atoms with E-state index in [1.54, 1.807) is 0 Å². The Morgan fingerprint density at radius 2 is 1.07 bits per heavy atom. The number of carboxylic acids is 2. The monoisotopic (exact) mass is 230 g/mol. The van der Waals surface area contributed by atoms with Crippen molar-refractivity contribution in [2.24, 2.45) is 0 Å². The molecule has 0 aromatic carbocycles. The molecule has 0 amide bonds. The summed E-state index contributed by atoms with van der Waals surface area (Å²) in [6.07, 6.45) is -0.806. The molecule has 88 valence electrons. The molecule has 0 aromatic heterocycles. The molecule has 0 atom stereocenters. The van der Waals surface area contributed by atoms with Gasteiger partial charge in [0.25, 0.3) is 10.2 Å². The lowest BCUT2D eigenvalue weighted by atomic mass is 10.5. The summed E-state index contributed by atoms with van der Waals surface area (Å²) in [5.41, 5.74) is 0. The minimum atomic E-state index is -1.50. The van der Waals surface area contributed by atoms with Gasteiger partial charge in [-0.05, 0) is 0 Å². The molecule has 0 aromatic rings. The molecular weight excluding hydrogens is 224 g/mol. The van der Waals surface area contributed by atoms with E-state index >= 15 is 0 Å². The van der Waals surface area contributed by atoms with Gasteiger partial charge in [0.2, 0.25) is 0 Å². The van der Waals surface area contributed by atoms with Crippen molar-refractivity contribution in [2.75, 3.05) is 0 Å². The number of hydrogen-bond acceptors (Lipinski definition) is 6. The van der Waals surface area contributed by atoms with Gasteiger partial charge in [0.05, 0.1) is 0 Å². The molecular formula is C3H6N2O10. The first kappa shape index (κ1) is 18.2. The summed E-state index contributed by atoms with van der Waals surface area (Å²) in [6, 6.07) is 0. The van der Waals surface area contributed by atoms with E-state index in [1.165, 1.54) is 0 Å². The molecule has 0 aliphatic rings. The largest absolute Gasteiger partial charge is 0.481 e. The lowest BCUT2D eigenvalue weighted by Gasteiger charge is -1.80. The maximum absolute atomic E-state index is 9.43. The minimum Gasteiger partial charge on any atom is -0.481 e. The lowest BCUT2D eigenvalue weighted by molar-refractivity contribution is -0.742. The Kier molecular flexibility index (Phi) is 13.8. The van der Waals surface area contributed by atoms with E-state index in [0.717, 1.165) is 0 Å². The molecule has 12 heteroatoms. The highest BCUT2D eigenvalue weighted by Gasteiger charge is 2.01. The van der Waals surface area contributed by atoms with E-state index in [-0.39, 0.29) is 0 Å². The second-order valence-electron chi connectivity index (χ2n) is 1.44. The second-order valence-corrected chi connectivity index (χ2v) is 1.44. The second kappa shape index (κ2) is 11.3. The minimum absolute atomic E-state index is 0.806. The first-order chi connectivity index (χ1) is 6.59. The smallest absolute Gasteiger partial charge is 0.314 e. The molecule has 0 rings (SSSR count). The predicted octanol–water partition coefficient (Wildman–Crippen LogP) is -1.15. The number of hydrogen-bond donors (Lipinski definition) is 4. The van der Waals surface area contributed by atoms with Crippen molar-refractivity contribution in [3.8, 4) is 0 Å². The molecule has 4 N–H and O–H groups in total. The van der Waals surface area contributed by atoms with Crippen LogP contribution in [0.15, 0.2) is 0 Å². The van der Waals surface area contributed by atoms with Crippen LogP contribution < -0.4 is 0 Å². The standard InChI is InChI=1S/C3H4O4.2HNO3/c4-2(5)1-3(6)7;2*2-1(3)4/h1H2,(H,4,5)(H,6,7);2*(H,2,3,4). The van der Waals surface area contributed by atoms with Crippen LogP contribution in [-0.4, -0.2) is 42.7 Å². The summed E-state index contributed by atoms with van der Waals surface area (Å²) >= 11 is 0. The van der Waals surface area contributed by atoms with Crippen LogP contribution in [0, 0.1) is 20.2 Å². The average Bonchev–Trinajstić information content (AvgIpc) is 1.78. The van der Waals surface area contributed by atoms with Gasteiger partial charge in [-0.2, -0.15) is 0 Å². The Morgan fingerprint density at radius 3 is 1.07 bits per heavy atom. The summed E-state index contributed by atoms with van der Waals surface area (Å²) in [6.45, 7) is 0. The summed E-state index contributed by atoms with van der Waals surface area (Å²) in [4.78, 5) is 35.6.